The number of rotatable bonds is 6. The van der Waals surface area contributed by atoms with Crippen molar-refractivity contribution in [2.75, 3.05) is 23.3 Å². The van der Waals surface area contributed by atoms with Crippen LogP contribution in [0.25, 0.3) is 0 Å². The molecule has 0 unspecified atom stereocenters. The minimum absolute atomic E-state index is 0.214. The van der Waals surface area contributed by atoms with Gasteiger partial charge in [0.25, 0.3) is 5.91 Å². The highest BCUT2D eigenvalue weighted by Gasteiger charge is 2.17. The van der Waals surface area contributed by atoms with Gasteiger partial charge < -0.3 is 15.0 Å². The van der Waals surface area contributed by atoms with E-state index in [0.29, 0.717) is 22.6 Å². The van der Waals surface area contributed by atoms with Gasteiger partial charge >= 0.3 is 0 Å². The van der Waals surface area contributed by atoms with Crippen molar-refractivity contribution in [3.8, 4) is 11.8 Å². The van der Waals surface area contributed by atoms with Crippen LogP contribution in [0.5, 0.6) is 5.75 Å². The third-order valence-corrected chi connectivity index (χ3v) is 5.32. The highest BCUT2D eigenvalue weighted by Crippen LogP contribution is 2.26. The molecule has 2 aromatic carbocycles. The maximum Gasteiger partial charge on any atom is 0.255 e. The number of amides is 1. The normalized spacial score (nSPS) is 13.3. The first kappa shape index (κ1) is 20.4. The summed E-state index contributed by atoms with van der Waals surface area (Å²) in [5, 5.41) is 12.2. The minimum atomic E-state index is -0.214. The van der Waals surface area contributed by atoms with E-state index in [1.807, 2.05) is 30.3 Å². The Balaban J connectivity index is 1.46. The molecule has 31 heavy (non-hydrogen) atoms. The fourth-order valence-electron chi connectivity index (χ4n) is 3.69. The first-order valence-corrected chi connectivity index (χ1v) is 10.5. The average Bonchev–Trinajstić information content (AvgIpc) is 2.84. The van der Waals surface area contributed by atoms with Crippen LogP contribution in [0.2, 0.25) is 0 Å². The number of piperidine rings is 1. The van der Waals surface area contributed by atoms with E-state index in [9.17, 15) is 10.1 Å². The van der Waals surface area contributed by atoms with Gasteiger partial charge in [0.1, 0.15) is 12.4 Å². The number of carbonyl (C=O) groups is 1. The van der Waals surface area contributed by atoms with Gasteiger partial charge in [0.05, 0.1) is 17.3 Å². The highest BCUT2D eigenvalue weighted by molar-refractivity contribution is 6.05. The van der Waals surface area contributed by atoms with Gasteiger partial charge in [-0.15, -0.1) is 0 Å². The summed E-state index contributed by atoms with van der Waals surface area (Å²) < 4.78 is 5.84. The van der Waals surface area contributed by atoms with Crippen LogP contribution in [0.3, 0.4) is 0 Å². The summed E-state index contributed by atoms with van der Waals surface area (Å²) in [6, 6.07) is 20.2. The second-order valence-electron chi connectivity index (χ2n) is 7.46. The van der Waals surface area contributed by atoms with E-state index < -0.39 is 0 Å². The first-order chi connectivity index (χ1) is 15.2. The zero-order valence-electron chi connectivity index (χ0n) is 17.3. The van der Waals surface area contributed by atoms with Crippen LogP contribution >= 0.6 is 0 Å². The summed E-state index contributed by atoms with van der Waals surface area (Å²) in [6.45, 7) is 2.16. The van der Waals surface area contributed by atoms with Gasteiger partial charge in [-0.2, -0.15) is 5.26 Å². The van der Waals surface area contributed by atoms with Gasteiger partial charge in [-0.1, -0.05) is 24.3 Å². The molecule has 0 aliphatic carbocycles. The number of nitrogens with zero attached hydrogens (tertiary/aromatic N) is 3. The Labute approximate surface area is 182 Å². The predicted molar refractivity (Wildman–Crippen MR) is 120 cm³/mol. The molecule has 1 fully saturated rings. The lowest BCUT2D eigenvalue weighted by atomic mass is 10.1. The Kier molecular flexibility index (Phi) is 6.44. The van der Waals surface area contributed by atoms with Crippen molar-refractivity contribution in [2.24, 2.45) is 0 Å². The molecule has 0 atom stereocenters. The molecular weight excluding hydrogens is 388 g/mol. The monoisotopic (exact) mass is 412 g/mol. The standard InChI is InChI=1S/C25H24N4O2/c26-17-20-8-2-3-9-21(20)18-31-22-11-6-10-19(16-22)25(30)28-23-12-7-13-27-24(23)29-14-4-1-5-15-29/h2-3,6-13,16H,1,4-5,14-15,18H2,(H,28,30). The molecule has 6 nitrogen and oxygen atoms in total. The molecule has 1 aliphatic rings. The summed E-state index contributed by atoms with van der Waals surface area (Å²) in [6.07, 6.45) is 5.26. The number of hydrogen-bond donors (Lipinski definition) is 1. The Hall–Kier alpha value is -3.85. The van der Waals surface area contributed by atoms with E-state index in [4.69, 9.17) is 4.74 Å². The largest absolute Gasteiger partial charge is 0.489 e. The van der Waals surface area contributed by atoms with Gasteiger partial charge in [0, 0.05) is 30.4 Å². The summed E-state index contributed by atoms with van der Waals surface area (Å²) in [5.74, 6) is 1.17. The van der Waals surface area contributed by atoms with E-state index in [-0.39, 0.29) is 12.5 Å². The van der Waals surface area contributed by atoms with Crippen molar-refractivity contribution < 1.29 is 9.53 Å². The molecule has 1 N–H and O–H groups in total. The van der Waals surface area contributed by atoms with Gasteiger partial charge in [-0.05, 0) is 55.7 Å². The molecule has 0 spiro atoms. The summed E-state index contributed by atoms with van der Waals surface area (Å²) in [4.78, 5) is 19.7. The Bertz CT molecular complexity index is 1100. The second kappa shape index (κ2) is 9.77. The molecule has 0 bridgehead atoms. The quantitative estimate of drug-likeness (QED) is 0.631. The van der Waals surface area contributed by atoms with Crippen LogP contribution in [-0.4, -0.2) is 24.0 Å². The number of benzene rings is 2. The summed E-state index contributed by atoms with van der Waals surface area (Å²) in [5.41, 5.74) is 2.60. The van der Waals surface area contributed by atoms with E-state index in [1.165, 1.54) is 6.42 Å². The molecule has 4 rings (SSSR count). The summed E-state index contributed by atoms with van der Waals surface area (Å²) in [7, 11) is 0. The van der Waals surface area contributed by atoms with Crippen LogP contribution in [-0.2, 0) is 6.61 Å². The molecule has 156 valence electrons. The van der Waals surface area contributed by atoms with Crippen molar-refractivity contribution in [3.05, 3.63) is 83.6 Å². The molecular formula is C25H24N4O2. The zero-order valence-corrected chi connectivity index (χ0v) is 17.3. The van der Waals surface area contributed by atoms with Crippen molar-refractivity contribution in [1.82, 2.24) is 4.98 Å². The Morgan fingerprint density at radius 2 is 1.90 bits per heavy atom. The number of carbonyl (C=O) groups excluding carboxylic acids is 1. The highest BCUT2D eigenvalue weighted by atomic mass is 16.5. The van der Waals surface area contributed by atoms with Crippen LogP contribution in [0.15, 0.2) is 66.9 Å². The second-order valence-corrected chi connectivity index (χ2v) is 7.46. The van der Waals surface area contributed by atoms with Crippen molar-refractivity contribution in [1.29, 1.82) is 5.26 Å². The SMILES string of the molecule is N#Cc1ccccc1COc1cccc(C(=O)Nc2cccnc2N2CCCCC2)c1. The van der Waals surface area contributed by atoms with Crippen molar-refractivity contribution in [3.63, 3.8) is 0 Å². The Morgan fingerprint density at radius 3 is 2.74 bits per heavy atom. The topological polar surface area (TPSA) is 78.2 Å². The van der Waals surface area contributed by atoms with Gasteiger partial charge in [0.15, 0.2) is 5.82 Å². The number of nitrogens with one attached hydrogen (secondary N) is 1. The molecule has 2 heterocycles. The van der Waals surface area contributed by atoms with Crippen molar-refractivity contribution in [2.45, 2.75) is 25.9 Å². The zero-order chi connectivity index (χ0) is 21.5. The van der Waals surface area contributed by atoms with Crippen molar-refractivity contribution >= 4 is 17.4 Å². The molecule has 3 aromatic rings. The maximum atomic E-state index is 12.9. The molecule has 1 aromatic heterocycles. The average molecular weight is 412 g/mol. The summed E-state index contributed by atoms with van der Waals surface area (Å²) >= 11 is 0. The third-order valence-electron chi connectivity index (χ3n) is 5.32. The van der Waals surface area contributed by atoms with Gasteiger partial charge in [-0.3, -0.25) is 4.79 Å². The molecule has 1 amide bonds. The fourth-order valence-corrected chi connectivity index (χ4v) is 3.69. The van der Waals surface area contributed by atoms with E-state index in [2.05, 4.69) is 21.3 Å². The third kappa shape index (κ3) is 5.01. The number of hydrogen-bond acceptors (Lipinski definition) is 5. The Morgan fingerprint density at radius 1 is 1.06 bits per heavy atom. The lowest BCUT2D eigenvalue weighted by molar-refractivity contribution is 0.102. The fraction of sp³-hybridized carbons (Fsp3) is 0.240. The van der Waals surface area contributed by atoms with Crippen LogP contribution in [0.4, 0.5) is 11.5 Å². The molecule has 1 saturated heterocycles. The predicted octanol–water partition coefficient (Wildman–Crippen LogP) is 4.77. The molecule has 1 aliphatic heterocycles. The van der Waals surface area contributed by atoms with Crippen LogP contribution in [0.1, 0.15) is 40.7 Å². The lowest BCUT2D eigenvalue weighted by Crippen LogP contribution is -2.31. The van der Waals surface area contributed by atoms with E-state index in [0.717, 1.165) is 37.3 Å². The lowest BCUT2D eigenvalue weighted by Gasteiger charge is -2.29. The molecule has 0 saturated carbocycles. The van der Waals surface area contributed by atoms with Crippen LogP contribution < -0.4 is 15.0 Å². The van der Waals surface area contributed by atoms with E-state index >= 15 is 0 Å². The number of nitriles is 1. The number of ether oxygens (including phenoxy) is 1. The first-order valence-electron chi connectivity index (χ1n) is 10.5. The minimum Gasteiger partial charge on any atom is -0.489 e. The number of anilines is 2. The maximum absolute atomic E-state index is 12.9. The van der Waals surface area contributed by atoms with Gasteiger partial charge in [-0.25, -0.2) is 4.98 Å². The number of pyridine rings is 1. The molecule has 0 radical (unpaired) electrons. The number of aromatic nitrogens is 1. The van der Waals surface area contributed by atoms with Crippen LogP contribution in [0, 0.1) is 11.3 Å². The smallest absolute Gasteiger partial charge is 0.255 e. The van der Waals surface area contributed by atoms with E-state index in [1.54, 1.807) is 36.5 Å². The molecule has 6 heteroatoms. The van der Waals surface area contributed by atoms with Gasteiger partial charge in [0.2, 0.25) is 0 Å².